The highest BCUT2D eigenvalue weighted by atomic mass is 28.4. The molecular formula is C18H37NO4Si. The van der Waals surface area contributed by atoms with E-state index in [0.29, 0.717) is 12.6 Å². The van der Waals surface area contributed by atoms with Crippen molar-refractivity contribution in [1.29, 1.82) is 0 Å². The minimum Gasteiger partial charge on any atom is -0.371 e. The van der Waals surface area contributed by atoms with Crippen molar-refractivity contribution in [2.24, 2.45) is 0 Å². The van der Waals surface area contributed by atoms with E-state index in [0.717, 1.165) is 19.4 Å². The monoisotopic (exact) mass is 359 g/mol. The first kappa shape index (κ1) is 23.3. The molecule has 0 N–H and O–H groups in total. The van der Waals surface area contributed by atoms with Gasteiger partial charge in [-0.1, -0.05) is 13.5 Å². The molecule has 0 aliphatic rings. The summed E-state index contributed by atoms with van der Waals surface area (Å²) in [5.74, 6) is -0.0246. The van der Waals surface area contributed by atoms with Gasteiger partial charge in [0.1, 0.15) is 0 Å². The van der Waals surface area contributed by atoms with E-state index in [1.807, 2.05) is 46.4 Å². The van der Waals surface area contributed by atoms with E-state index in [4.69, 9.17) is 13.3 Å². The number of amides is 1. The van der Waals surface area contributed by atoms with Crippen LogP contribution in [0.25, 0.3) is 0 Å². The predicted molar refractivity (Wildman–Crippen MR) is 101 cm³/mol. The van der Waals surface area contributed by atoms with Crippen LogP contribution < -0.4 is 0 Å². The lowest BCUT2D eigenvalue weighted by molar-refractivity contribution is -0.126. The van der Waals surface area contributed by atoms with Gasteiger partial charge in [0.05, 0.1) is 0 Å². The molecule has 0 aliphatic carbocycles. The minimum atomic E-state index is -2.78. The third-order valence-electron chi connectivity index (χ3n) is 3.14. The molecule has 6 heteroatoms. The molecule has 0 fully saturated rings. The van der Waals surface area contributed by atoms with Gasteiger partial charge >= 0.3 is 8.80 Å². The smallest absolute Gasteiger partial charge is 0.371 e. The highest BCUT2D eigenvalue weighted by Gasteiger charge is 2.43. The quantitative estimate of drug-likeness (QED) is 0.368. The Morgan fingerprint density at radius 2 is 1.46 bits per heavy atom. The summed E-state index contributed by atoms with van der Waals surface area (Å²) in [5.41, 5.74) is 0. The molecule has 5 nitrogen and oxygen atoms in total. The Morgan fingerprint density at radius 3 is 1.79 bits per heavy atom. The molecule has 24 heavy (non-hydrogen) atoms. The third-order valence-corrected chi connectivity index (χ3v) is 6.59. The van der Waals surface area contributed by atoms with Crippen molar-refractivity contribution in [3.8, 4) is 0 Å². The number of carbonyl (C=O) groups excluding carboxylic acids is 1. The fraction of sp³-hybridized carbons (Fsp3) is 0.833. The van der Waals surface area contributed by atoms with E-state index >= 15 is 0 Å². The van der Waals surface area contributed by atoms with Gasteiger partial charge in [-0.2, -0.15) is 0 Å². The van der Waals surface area contributed by atoms with Crippen molar-refractivity contribution in [2.75, 3.05) is 13.1 Å². The van der Waals surface area contributed by atoms with Gasteiger partial charge in [-0.15, -0.1) is 0 Å². The Hall–Kier alpha value is -0.693. The average Bonchev–Trinajstić information content (AvgIpc) is 2.43. The van der Waals surface area contributed by atoms with Gasteiger partial charge in [0.2, 0.25) is 5.91 Å². The Kier molecular flexibility index (Phi) is 11.5. The van der Waals surface area contributed by atoms with E-state index in [9.17, 15) is 4.79 Å². The van der Waals surface area contributed by atoms with E-state index in [-0.39, 0.29) is 24.2 Å². The summed E-state index contributed by atoms with van der Waals surface area (Å²) in [6.45, 7) is 19.0. The zero-order valence-corrected chi connectivity index (χ0v) is 17.6. The maximum absolute atomic E-state index is 11.9. The Labute approximate surface area is 149 Å². The number of rotatable bonds is 13. The first-order valence-electron chi connectivity index (χ1n) is 9.10. The van der Waals surface area contributed by atoms with Crippen molar-refractivity contribution >= 4 is 14.7 Å². The third kappa shape index (κ3) is 9.57. The summed E-state index contributed by atoms with van der Waals surface area (Å²) in [6, 6.07) is 0.701. The molecule has 0 unspecified atom stereocenters. The molecule has 0 rings (SSSR count). The molecule has 0 spiro atoms. The lowest BCUT2D eigenvalue weighted by atomic mass is 10.3. The lowest BCUT2D eigenvalue weighted by Crippen LogP contribution is -2.51. The summed E-state index contributed by atoms with van der Waals surface area (Å²) in [6.07, 6.45) is 3.20. The van der Waals surface area contributed by atoms with E-state index in [1.165, 1.54) is 6.08 Å². The largest absolute Gasteiger partial charge is 0.501 e. The van der Waals surface area contributed by atoms with Gasteiger partial charge in [0.25, 0.3) is 0 Å². The summed E-state index contributed by atoms with van der Waals surface area (Å²) in [7, 11) is -2.78. The predicted octanol–water partition coefficient (Wildman–Crippen LogP) is 4.02. The van der Waals surface area contributed by atoms with Crippen molar-refractivity contribution < 1.29 is 18.1 Å². The van der Waals surface area contributed by atoms with Crippen LogP contribution >= 0.6 is 0 Å². The molecule has 0 radical (unpaired) electrons. The second-order valence-electron chi connectivity index (χ2n) is 6.82. The maximum Gasteiger partial charge on any atom is 0.501 e. The van der Waals surface area contributed by atoms with Crippen LogP contribution in [0.3, 0.4) is 0 Å². The molecular weight excluding hydrogens is 322 g/mol. The summed E-state index contributed by atoms with van der Waals surface area (Å²) in [4.78, 5) is 13.7. The highest BCUT2D eigenvalue weighted by molar-refractivity contribution is 6.60. The van der Waals surface area contributed by atoms with Crippen molar-refractivity contribution in [2.45, 2.75) is 85.7 Å². The van der Waals surface area contributed by atoms with E-state index in [1.54, 1.807) is 0 Å². The molecule has 0 aromatic heterocycles. The Balaban J connectivity index is 5.00. The highest BCUT2D eigenvalue weighted by Crippen LogP contribution is 2.24. The molecule has 0 heterocycles. The van der Waals surface area contributed by atoms with Crippen LogP contribution in [0.4, 0.5) is 0 Å². The zero-order valence-electron chi connectivity index (χ0n) is 16.6. The second-order valence-corrected chi connectivity index (χ2v) is 9.39. The molecule has 0 saturated carbocycles. The summed E-state index contributed by atoms with van der Waals surface area (Å²) in [5, 5.41) is 0. The number of carbonyl (C=O) groups is 1. The lowest BCUT2D eigenvalue weighted by Gasteiger charge is -2.35. The van der Waals surface area contributed by atoms with Gasteiger partial charge in [0.15, 0.2) is 0 Å². The molecule has 0 aromatic rings. The van der Waals surface area contributed by atoms with Gasteiger partial charge in [-0.25, -0.2) is 0 Å². The number of hydrogen-bond donors (Lipinski definition) is 0. The SMILES string of the molecule is C=CC(=O)N(CCC)CCC[Si](OC(C)C)(OC(C)C)OC(C)C. The summed E-state index contributed by atoms with van der Waals surface area (Å²) >= 11 is 0. The van der Waals surface area contributed by atoms with Crippen LogP contribution in [0, 0.1) is 0 Å². The first-order valence-corrected chi connectivity index (χ1v) is 11.0. The van der Waals surface area contributed by atoms with Crippen LogP contribution in [0.2, 0.25) is 6.04 Å². The molecule has 142 valence electrons. The van der Waals surface area contributed by atoms with E-state index < -0.39 is 8.80 Å². The Bertz CT molecular complexity index is 346. The van der Waals surface area contributed by atoms with E-state index in [2.05, 4.69) is 13.5 Å². The van der Waals surface area contributed by atoms with Gasteiger partial charge in [0, 0.05) is 37.4 Å². The van der Waals surface area contributed by atoms with Crippen molar-refractivity contribution in [1.82, 2.24) is 4.90 Å². The van der Waals surface area contributed by atoms with Gasteiger partial charge in [-0.05, 0) is 60.5 Å². The fourth-order valence-electron chi connectivity index (χ4n) is 2.56. The van der Waals surface area contributed by atoms with Crippen LogP contribution in [-0.4, -0.2) is 51.0 Å². The molecule has 0 atom stereocenters. The minimum absolute atomic E-state index is 0.0246. The number of nitrogens with zero attached hydrogens (tertiary/aromatic N) is 1. The molecule has 1 amide bonds. The molecule has 0 aliphatic heterocycles. The van der Waals surface area contributed by atoms with Crippen molar-refractivity contribution in [3.05, 3.63) is 12.7 Å². The van der Waals surface area contributed by atoms with Crippen LogP contribution in [0.5, 0.6) is 0 Å². The zero-order chi connectivity index (χ0) is 18.8. The first-order chi connectivity index (χ1) is 11.2. The molecule has 0 saturated heterocycles. The average molecular weight is 360 g/mol. The Morgan fingerprint density at radius 1 is 1.00 bits per heavy atom. The standard InChI is InChI=1S/C18H37NO4Si/c1-9-12-19(18(20)10-2)13-11-14-24(21-15(3)4,22-16(5)6)23-17(7)8/h10,15-17H,2,9,11-14H2,1,3-8H3. The van der Waals surface area contributed by atoms with Crippen LogP contribution in [-0.2, 0) is 18.1 Å². The maximum atomic E-state index is 11.9. The second kappa shape index (κ2) is 11.8. The van der Waals surface area contributed by atoms with Crippen molar-refractivity contribution in [3.63, 3.8) is 0 Å². The topological polar surface area (TPSA) is 48.0 Å². The van der Waals surface area contributed by atoms with Gasteiger partial charge in [-0.3, -0.25) is 4.79 Å². The molecule has 0 bridgehead atoms. The number of hydrogen-bond acceptors (Lipinski definition) is 4. The summed E-state index contributed by atoms with van der Waals surface area (Å²) < 4.78 is 18.5. The van der Waals surface area contributed by atoms with Crippen LogP contribution in [0.15, 0.2) is 12.7 Å². The van der Waals surface area contributed by atoms with Gasteiger partial charge < -0.3 is 18.2 Å². The normalized spacial score (nSPS) is 12.2. The van der Waals surface area contributed by atoms with Crippen LogP contribution in [0.1, 0.15) is 61.3 Å². The molecule has 0 aromatic carbocycles. The fourth-order valence-corrected chi connectivity index (χ4v) is 5.82.